The normalized spacial score (nSPS) is 15.4. The SMILES string of the molecule is CO[Si](OC)(O[Si](OC)(O[Si](OC)(O[Si](OC)(O[Si](OC)(O[Si](OC)(OC)c1ccc(CCl)cc1)c1ccc(CCl)cc1)c1ccc(CCl)cc1)c1ccc(CCl)cc1)c1ccc(CCl)cc1)c1ccc(CCl)cc1. The van der Waals surface area contributed by atoms with Crippen LogP contribution in [0.2, 0.25) is 0 Å². The maximum absolute atomic E-state index is 7.79. The molecule has 0 N–H and O–H groups in total. The Bertz CT molecular complexity index is 2500. The summed E-state index contributed by atoms with van der Waals surface area (Å²) < 4.78 is 90.5. The van der Waals surface area contributed by atoms with E-state index in [0.717, 1.165) is 33.4 Å². The Labute approximate surface area is 477 Å². The molecule has 0 amide bonds. The summed E-state index contributed by atoms with van der Waals surface area (Å²) in [5.74, 6) is 1.45. The second-order valence-corrected chi connectivity index (χ2v) is 35.6. The average molecular weight is 1250 g/mol. The highest BCUT2D eigenvalue weighted by Gasteiger charge is 2.68. The number of alkyl halides is 6. The van der Waals surface area contributed by atoms with Crippen LogP contribution in [-0.4, -0.2) is 110 Å². The van der Waals surface area contributed by atoms with Crippen LogP contribution in [0.4, 0.5) is 0 Å². The van der Waals surface area contributed by atoms with E-state index in [1.54, 1.807) is 0 Å². The van der Waals surface area contributed by atoms with Crippen LogP contribution in [-0.2, 0) is 91.3 Å². The molecule has 0 aliphatic carbocycles. The fourth-order valence-corrected chi connectivity index (χ4v) is 32.6. The molecule has 6 aromatic carbocycles. The van der Waals surface area contributed by atoms with Gasteiger partial charge in [-0.3, -0.25) is 0 Å². The van der Waals surface area contributed by atoms with E-state index in [9.17, 15) is 0 Å². The lowest BCUT2D eigenvalue weighted by Crippen LogP contribution is -2.79. The number of benzene rings is 6. The molecule has 6 aromatic rings. The van der Waals surface area contributed by atoms with Gasteiger partial charge in [0.2, 0.25) is 0 Å². The summed E-state index contributed by atoms with van der Waals surface area (Å²) in [6.07, 6.45) is 0. The number of rotatable bonds is 30. The molecule has 404 valence electrons. The summed E-state index contributed by atoms with van der Waals surface area (Å²) in [5, 5.41) is 3.01. The Hall–Kier alpha value is -2.16. The molecule has 0 aliphatic rings. The van der Waals surface area contributed by atoms with Crippen molar-refractivity contribution in [2.24, 2.45) is 0 Å². The van der Waals surface area contributed by atoms with E-state index in [1.807, 2.05) is 146 Å². The Morgan fingerprint density at radius 2 is 0.333 bits per heavy atom. The van der Waals surface area contributed by atoms with Gasteiger partial charge in [0.05, 0.1) is 0 Å². The Balaban J connectivity index is 1.70. The summed E-state index contributed by atoms with van der Waals surface area (Å²) in [6, 6.07) is 44.2. The zero-order valence-corrected chi connectivity index (χ0v) is 53.2. The predicted octanol–water partition coefficient (Wildman–Crippen LogP) is 7.75. The molecule has 0 bridgehead atoms. The minimum absolute atomic E-state index is 0.211. The third kappa shape index (κ3) is 13.7. The van der Waals surface area contributed by atoms with Gasteiger partial charge >= 0.3 is 52.8 Å². The maximum atomic E-state index is 7.79. The summed E-state index contributed by atoms with van der Waals surface area (Å²) in [5.41, 5.74) is 4.98. The van der Waals surface area contributed by atoms with Crippen molar-refractivity contribution in [2.45, 2.75) is 35.3 Å². The number of hydrogen-bond acceptors (Lipinski definition) is 13. The van der Waals surface area contributed by atoms with Gasteiger partial charge in [-0.15, -0.1) is 69.6 Å². The lowest BCUT2D eigenvalue weighted by atomic mass is 10.2. The molecule has 4 unspecified atom stereocenters. The van der Waals surface area contributed by atoms with Crippen molar-refractivity contribution in [3.8, 4) is 0 Å². The molecule has 4 atom stereocenters. The monoisotopic (exact) mass is 1250 g/mol. The van der Waals surface area contributed by atoms with Crippen molar-refractivity contribution in [2.75, 3.05) is 56.9 Å². The molecule has 6 rings (SSSR count). The van der Waals surface area contributed by atoms with Crippen molar-refractivity contribution in [1.82, 2.24) is 0 Å². The molecule has 0 fully saturated rings. The second-order valence-electron chi connectivity index (χ2n) is 16.5. The van der Waals surface area contributed by atoms with Crippen LogP contribution in [0.1, 0.15) is 33.4 Å². The first-order valence-electron chi connectivity index (χ1n) is 23.1. The van der Waals surface area contributed by atoms with Crippen molar-refractivity contribution in [3.05, 3.63) is 179 Å². The molecule has 0 radical (unpaired) electrons. The van der Waals surface area contributed by atoms with Crippen LogP contribution in [0.3, 0.4) is 0 Å². The quantitative estimate of drug-likeness (QED) is 0.0324. The Morgan fingerprint density at radius 1 is 0.213 bits per heavy atom. The standard InChI is InChI=1S/C50H60Cl6O13Si6/c1-57-70(58-2,45-21-9-39(33-51)10-22-45)65-72(61-5,47-25-13-41(35-53)14-26-47)67-74(63-7,49-29-17-43(37-55)18-30-49)69-75(64-8,50-31-19-44(38-56)20-32-50)68-73(62-6,48-27-15-42(36-54)16-28-48)66-71(59-3,60-4)46-23-11-40(34-52)12-24-46/h9-32H,33-38H2,1-8H3. The first kappa shape index (κ1) is 62.0. The highest BCUT2D eigenvalue weighted by molar-refractivity contribution is 6.99. The van der Waals surface area contributed by atoms with Crippen LogP contribution in [0.15, 0.2) is 146 Å². The molecule has 25 heteroatoms. The molecule has 0 saturated heterocycles. The molecule has 0 aliphatic heterocycles. The van der Waals surface area contributed by atoms with E-state index in [2.05, 4.69) is 0 Å². The molecule has 75 heavy (non-hydrogen) atoms. The van der Waals surface area contributed by atoms with Crippen LogP contribution < -0.4 is 31.1 Å². The molecule has 0 saturated carbocycles. The maximum Gasteiger partial charge on any atom is 0.529 e. The number of hydrogen-bond donors (Lipinski definition) is 0. The first-order chi connectivity index (χ1) is 36.2. The summed E-state index contributed by atoms with van der Waals surface area (Å²) in [6.45, 7) is 0. The van der Waals surface area contributed by atoms with Gasteiger partial charge in [-0.2, -0.15) is 0 Å². The highest BCUT2D eigenvalue weighted by Crippen LogP contribution is 2.32. The molecular formula is C50H60Cl6O13Si6. The van der Waals surface area contributed by atoms with Gasteiger partial charge in [-0.1, -0.05) is 146 Å². The first-order valence-corrected chi connectivity index (χ1v) is 36.6. The van der Waals surface area contributed by atoms with Crippen molar-refractivity contribution in [1.29, 1.82) is 0 Å². The Morgan fingerprint density at radius 3 is 0.453 bits per heavy atom. The van der Waals surface area contributed by atoms with Gasteiger partial charge in [0.25, 0.3) is 0 Å². The predicted molar refractivity (Wildman–Crippen MR) is 310 cm³/mol. The summed E-state index contributed by atoms with van der Waals surface area (Å²) in [4.78, 5) is 0. The van der Waals surface area contributed by atoms with E-state index in [0.29, 0.717) is 31.1 Å². The molecule has 0 aromatic heterocycles. The van der Waals surface area contributed by atoms with E-state index in [1.165, 1.54) is 56.9 Å². The van der Waals surface area contributed by atoms with Gasteiger partial charge in [0.1, 0.15) is 0 Å². The zero-order chi connectivity index (χ0) is 54.3. The van der Waals surface area contributed by atoms with E-state index in [4.69, 9.17) is 126 Å². The van der Waals surface area contributed by atoms with Crippen molar-refractivity contribution in [3.63, 3.8) is 0 Å². The molecule has 13 nitrogen and oxygen atoms in total. The smallest absolute Gasteiger partial charge is 0.374 e. The van der Waals surface area contributed by atoms with E-state index in [-0.39, 0.29) is 35.3 Å². The van der Waals surface area contributed by atoms with Gasteiger partial charge in [-0.25, -0.2) is 0 Å². The molecule has 0 heterocycles. The van der Waals surface area contributed by atoms with Crippen LogP contribution >= 0.6 is 69.6 Å². The lowest BCUT2D eigenvalue weighted by Gasteiger charge is -2.45. The van der Waals surface area contributed by atoms with E-state index >= 15 is 0 Å². The minimum atomic E-state index is -4.77. The van der Waals surface area contributed by atoms with Crippen molar-refractivity contribution < 1.29 is 56.0 Å². The highest BCUT2D eigenvalue weighted by atomic mass is 35.5. The van der Waals surface area contributed by atoms with Gasteiger partial charge in [0.15, 0.2) is 0 Å². The summed E-state index contributed by atoms with van der Waals surface area (Å²) >= 11 is 38.1. The van der Waals surface area contributed by atoms with Crippen molar-refractivity contribution >= 4 is 154 Å². The molecule has 0 spiro atoms. The third-order valence-electron chi connectivity index (χ3n) is 12.3. The molecular weight excluding hydrogens is 1190 g/mol. The van der Waals surface area contributed by atoms with Crippen LogP contribution in [0.5, 0.6) is 0 Å². The lowest BCUT2D eigenvalue weighted by molar-refractivity contribution is 0.0756. The van der Waals surface area contributed by atoms with Crippen LogP contribution in [0, 0.1) is 0 Å². The summed E-state index contributed by atoms with van der Waals surface area (Å²) in [7, 11) is -14.9. The largest absolute Gasteiger partial charge is 0.529 e. The Kier molecular flexibility index (Phi) is 23.4. The third-order valence-corrected chi connectivity index (χ3v) is 35.4. The van der Waals surface area contributed by atoms with Gasteiger partial charge in [-0.05, 0) is 33.4 Å². The number of halogens is 6. The van der Waals surface area contributed by atoms with Crippen LogP contribution in [0.25, 0.3) is 0 Å². The van der Waals surface area contributed by atoms with E-state index < -0.39 is 52.8 Å². The van der Waals surface area contributed by atoms with Gasteiger partial charge in [0, 0.05) is 123 Å². The average Bonchev–Trinajstić information content (AvgIpc) is 3.49. The van der Waals surface area contributed by atoms with Gasteiger partial charge < -0.3 is 56.0 Å². The fraction of sp³-hybridized carbons (Fsp3) is 0.280. The fourth-order valence-electron chi connectivity index (χ4n) is 7.95. The zero-order valence-electron chi connectivity index (χ0n) is 42.7. The minimum Gasteiger partial charge on any atom is -0.374 e. The topological polar surface area (TPSA) is 120 Å². The second kappa shape index (κ2) is 28.3.